The first-order valence-corrected chi connectivity index (χ1v) is 8.26. The number of carbonyl (C=O) groups is 2. The van der Waals surface area contributed by atoms with Gasteiger partial charge in [0.25, 0.3) is 5.69 Å². The van der Waals surface area contributed by atoms with Crippen molar-refractivity contribution >= 4 is 23.5 Å². The Morgan fingerprint density at radius 2 is 2.04 bits per heavy atom. The standard InChI is InChI=1S/C16H22N4O6/c1-3-26-16(22)19-8-6-11(7-9-19)17-15(21)18-13-10-12(20(23)24)4-5-14(13)25-2/h4-5,10-11H,3,6-9H2,1-2H3,(H2,17,18,21). The fourth-order valence-corrected chi connectivity index (χ4v) is 2.67. The number of non-ortho nitro benzene ring substituents is 1. The number of methoxy groups -OCH3 is 1. The second-order valence-electron chi connectivity index (χ2n) is 5.70. The summed E-state index contributed by atoms with van der Waals surface area (Å²) in [7, 11) is 1.41. The molecule has 2 N–H and O–H groups in total. The molecule has 3 amide bonds. The average molecular weight is 366 g/mol. The summed E-state index contributed by atoms with van der Waals surface area (Å²) >= 11 is 0. The number of urea groups is 1. The van der Waals surface area contributed by atoms with E-state index in [1.165, 1.54) is 25.3 Å². The molecule has 0 unspecified atom stereocenters. The van der Waals surface area contributed by atoms with Crippen molar-refractivity contribution in [3.05, 3.63) is 28.3 Å². The van der Waals surface area contributed by atoms with E-state index in [1.54, 1.807) is 11.8 Å². The largest absolute Gasteiger partial charge is 0.495 e. The minimum absolute atomic E-state index is 0.106. The highest BCUT2D eigenvalue weighted by molar-refractivity contribution is 5.91. The maximum atomic E-state index is 12.2. The molecule has 1 saturated heterocycles. The van der Waals surface area contributed by atoms with Crippen molar-refractivity contribution in [2.45, 2.75) is 25.8 Å². The monoisotopic (exact) mass is 366 g/mol. The third-order valence-electron chi connectivity index (χ3n) is 4.00. The molecule has 0 saturated carbocycles. The minimum atomic E-state index is -0.548. The third-order valence-corrected chi connectivity index (χ3v) is 4.00. The van der Waals surface area contributed by atoms with Gasteiger partial charge in [0.05, 0.1) is 24.3 Å². The molecule has 2 rings (SSSR count). The molecule has 0 spiro atoms. The van der Waals surface area contributed by atoms with Crippen LogP contribution < -0.4 is 15.4 Å². The molecule has 1 aromatic carbocycles. The highest BCUT2D eigenvalue weighted by atomic mass is 16.6. The molecular formula is C16H22N4O6. The number of benzene rings is 1. The van der Waals surface area contributed by atoms with Gasteiger partial charge in [0.2, 0.25) is 0 Å². The number of nitrogens with one attached hydrogen (secondary N) is 2. The molecule has 0 bridgehead atoms. The van der Waals surface area contributed by atoms with Crippen LogP contribution in [0, 0.1) is 10.1 Å². The Balaban J connectivity index is 1.91. The number of rotatable bonds is 5. The summed E-state index contributed by atoms with van der Waals surface area (Å²) in [6.07, 6.45) is 0.841. The molecule has 1 aromatic rings. The molecule has 0 atom stereocenters. The summed E-state index contributed by atoms with van der Waals surface area (Å²) in [5.74, 6) is 0.322. The lowest BCUT2D eigenvalue weighted by atomic mass is 10.1. The maximum Gasteiger partial charge on any atom is 0.409 e. The SMILES string of the molecule is CCOC(=O)N1CCC(NC(=O)Nc2cc([N+](=O)[O-])ccc2OC)CC1. The van der Waals surface area contributed by atoms with Crippen LogP contribution >= 0.6 is 0 Å². The van der Waals surface area contributed by atoms with Gasteiger partial charge in [-0.25, -0.2) is 9.59 Å². The van der Waals surface area contributed by atoms with Gasteiger partial charge in [0.15, 0.2) is 0 Å². The summed E-state index contributed by atoms with van der Waals surface area (Å²) in [4.78, 5) is 35.8. The van der Waals surface area contributed by atoms with Gasteiger partial charge in [0, 0.05) is 31.3 Å². The van der Waals surface area contributed by atoms with Crippen LogP contribution in [-0.2, 0) is 4.74 Å². The normalized spacial score (nSPS) is 14.5. The van der Waals surface area contributed by atoms with Gasteiger partial charge in [-0.05, 0) is 25.8 Å². The Labute approximate surface area is 150 Å². The summed E-state index contributed by atoms with van der Waals surface area (Å²) < 4.78 is 10.1. The van der Waals surface area contributed by atoms with Crippen molar-refractivity contribution in [3.63, 3.8) is 0 Å². The number of anilines is 1. The van der Waals surface area contributed by atoms with E-state index in [1.807, 2.05) is 0 Å². The summed E-state index contributed by atoms with van der Waals surface area (Å²) in [6, 6.07) is 3.36. The van der Waals surface area contributed by atoms with E-state index in [2.05, 4.69) is 10.6 Å². The first-order chi connectivity index (χ1) is 12.4. The quantitative estimate of drug-likeness (QED) is 0.609. The zero-order valence-electron chi connectivity index (χ0n) is 14.7. The smallest absolute Gasteiger partial charge is 0.409 e. The van der Waals surface area contributed by atoms with Gasteiger partial charge < -0.3 is 25.0 Å². The van der Waals surface area contributed by atoms with E-state index in [0.717, 1.165) is 0 Å². The Kier molecular flexibility index (Phi) is 6.59. The first-order valence-electron chi connectivity index (χ1n) is 8.26. The van der Waals surface area contributed by atoms with Crippen molar-refractivity contribution in [2.24, 2.45) is 0 Å². The van der Waals surface area contributed by atoms with Crippen LogP contribution in [0.5, 0.6) is 5.75 Å². The van der Waals surface area contributed by atoms with Gasteiger partial charge in [-0.1, -0.05) is 0 Å². The van der Waals surface area contributed by atoms with E-state index >= 15 is 0 Å². The Hall–Kier alpha value is -3.04. The van der Waals surface area contributed by atoms with Crippen molar-refractivity contribution in [2.75, 3.05) is 32.1 Å². The second kappa shape index (κ2) is 8.88. The van der Waals surface area contributed by atoms with E-state index < -0.39 is 11.0 Å². The van der Waals surface area contributed by atoms with Crippen LogP contribution in [0.2, 0.25) is 0 Å². The number of ether oxygens (including phenoxy) is 2. The molecule has 142 valence electrons. The average Bonchev–Trinajstić information content (AvgIpc) is 2.62. The van der Waals surface area contributed by atoms with Crippen LogP contribution in [0.1, 0.15) is 19.8 Å². The zero-order chi connectivity index (χ0) is 19.1. The number of hydrogen-bond acceptors (Lipinski definition) is 6. The van der Waals surface area contributed by atoms with Crippen molar-refractivity contribution in [1.82, 2.24) is 10.2 Å². The van der Waals surface area contributed by atoms with Gasteiger partial charge in [-0.15, -0.1) is 0 Å². The van der Waals surface area contributed by atoms with Crippen molar-refractivity contribution < 1.29 is 24.0 Å². The van der Waals surface area contributed by atoms with Crippen molar-refractivity contribution in [1.29, 1.82) is 0 Å². The Morgan fingerprint density at radius 1 is 1.35 bits per heavy atom. The lowest BCUT2D eigenvalue weighted by Gasteiger charge is -2.31. The molecule has 26 heavy (non-hydrogen) atoms. The van der Waals surface area contributed by atoms with Crippen LogP contribution in [0.15, 0.2) is 18.2 Å². The maximum absolute atomic E-state index is 12.2. The first kappa shape index (κ1) is 19.3. The van der Waals surface area contributed by atoms with Crippen molar-refractivity contribution in [3.8, 4) is 5.75 Å². The molecule has 1 aliphatic heterocycles. The van der Waals surface area contributed by atoms with Gasteiger partial charge in [-0.2, -0.15) is 0 Å². The molecule has 0 aromatic heterocycles. The van der Waals surface area contributed by atoms with E-state index in [0.29, 0.717) is 38.3 Å². The second-order valence-corrected chi connectivity index (χ2v) is 5.70. The van der Waals surface area contributed by atoms with Gasteiger partial charge in [-0.3, -0.25) is 10.1 Å². The van der Waals surface area contributed by atoms with E-state index in [-0.39, 0.29) is 23.5 Å². The fourth-order valence-electron chi connectivity index (χ4n) is 2.67. The summed E-state index contributed by atoms with van der Waals surface area (Å²) in [6.45, 7) is 3.05. The number of nitro groups is 1. The number of amides is 3. The highest BCUT2D eigenvalue weighted by Gasteiger charge is 2.25. The van der Waals surface area contributed by atoms with E-state index in [9.17, 15) is 19.7 Å². The number of hydrogen-bond donors (Lipinski definition) is 2. The van der Waals surface area contributed by atoms with Gasteiger partial charge >= 0.3 is 12.1 Å². The number of nitrogens with zero attached hydrogens (tertiary/aromatic N) is 2. The molecule has 10 nitrogen and oxygen atoms in total. The highest BCUT2D eigenvalue weighted by Crippen LogP contribution is 2.28. The molecule has 0 radical (unpaired) electrons. The lowest BCUT2D eigenvalue weighted by Crippen LogP contribution is -2.47. The third kappa shape index (κ3) is 4.98. The minimum Gasteiger partial charge on any atom is -0.495 e. The van der Waals surface area contributed by atoms with Crippen LogP contribution in [0.25, 0.3) is 0 Å². The molecule has 1 fully saturated rings. The number of likely N-dealkylation sites (tertiary alicyclic amines) is 1. The Morgan fingerprint density at radius 3 is 2.62 bits per heavy atom. The number of nitro benzene ring substituents is 1. The number of piperidine rings is 1. The molecule has 1 aliphatic rings. The topological polar surface area (TPSA) is 123 Å². The predicted molar refractivity (Wildman–Crippen MR) is 93.4 cm³/mol. The zero-order valence-corrected chi connectivity index (χ0v) is 14.7. The number of carbonyl (C=O) groups excluding carboxylic acids is 2. The van der Waals surface area contributed by atoms with Crippen LogP contribution in [0.3, 0.4) is 0 Å². The predicted octanol–water partition coefficient (Wildman–Crippen LogP) is 2.35. The molecule has 1 heterocycles. The molecule has 10 heteroatoms. The molecule has 0 aliphatic carbocycles. The van der Waals surface area contributed by atoms with Crippen LogP contribution in [-0.4, -0.2) is 54.8 Å². The fraction of sp³-hybridized carbons (Fsp3) is 0.500. The summed E-state index contributed by atoms with van der Waals surface area (Å²) in [5.41, 5.74) is 0.0620. The lowest BCUT2D eigenvalue weighted by molar-refractivity contribution is -0.384. The van der Waals surface area contributed by atoms with E-state index in [4.69, 9.17) is 9.47 Å². The Bertz CT molecular complexity index is 673. The molecular weight excluding hydrogens is 344 g/mol. The van der Waals surface area contributed by atoms with Crippen LogP contribution in [0.4, 0.5) is 21.0 Å². The van der Waals surface area contributed by atoms with Gasteiger partial charge in [0.1, 0.15) is 5.75 Å². The summed E-state index contributed by atoms with van der Waals surface area (Å²) in [5, 5.41) is 16.3.